The molecule has 1 unspecified atom stereocenters. The molecule has 0 saturated heterocycles. The molecular formula is C9H15BrN5O5P. The highest BCUT2D eigenvalue weighted by atomic mass is 79.9. The maximum atomic E-state index is 11.7. The van der Waals surface area contributed by atoms with Gasteiger partial charge >= 0.3 is 7.60 Å². The molecule has 12 heteroatoms. The van der Waals surface area contributed by atoms with Crippen LogP contribution in [-0.2, 0) is 9.30 Å². The summed E-state index contributed by atoms with van der Waals surface area (Å²) in [5.74, 6) is 0.334. The molecule has 0 aromatic carbocycles. The first-order valence-corrected chi connectivity index (χ1v) is 8.62. The van der Waals surface area contributed by atoms with Gasteiger partial charge in [-0.05, 0) is 22.9 Å². The van der Waals surface area contributed by atoms with Gasteiger partial charge in [-0.1, -0.05) is 0 Å². The number of aromatic amines is 1. The lowest BCUT2D eigenvalue weighted by molar-refractivity contribution is 0.0928. The van der Waals surface area contributed by atoms with Crippen LogP contribution in [-0.4, -0.2) is 43.8 Å². The number of alkyl halides is 1. The number of anilines is 3. The van der Waals surface area contributed by atoms with E-state index in [0.717, 1.165) is 0 Å². The predicted octanol–water partition coefficient (Wildman–Crippen LogP) is -0.197. The second-order valence-electron chi connectivity index (χ2n) is 4.55. The van der Waals surface area contributed by atoms with Crippen LogP contribution in [0.2, 0.25) is 0 Å². The number of rotatable bonds is 5. The van der Waals surface area contributed by atoms with Gasteiger partial charge in [0.15, 0.2) is 10.9 Å². The molecule has 0 spiro atoms. The zero-order valence-electron chi connectivity index (χ0n) is 11.0. The summed E-state index contributed by atoms with van der Waals surface area (Å²) in [6, 6.07) is 0. The van der Waals surface area contributed by atoms with Gasteiger partial charge in [0.25, 0.3) is 5.56 Å². The molecule has 0 radical (unpaired) electrons. The fourth-order valence-electron chi connectivity index (χ4n) is 1.85. The lowest BCUT2D eigenvalue weighted by atomic mass is 10.3. The molecule has 0 amide bonds. The average molecular weight is 384 g/mol. The zero-order valence-corrected chi connectivity index (χ0v) is 13.5. The van der Waals surface area contributed by atoms with E-state index >= 15 is 0 Å². The number of nitrogen functional groups attached to an aromatic ring is 1. The van der Waals surface area contributed by atoms with E-state index in [4.69, 9.17) is 20.3 Å². The number of hydrogen-bond donors (Lipinski definition) is 5. The van der Waals surface area contributed by atoms with E-state index in [9.17, 15) is 9.36 Å². The van der Waals surface area contributed by atoms with Crippen LogP contribution in [0.1, 0.15) is 6.92 Å². The highest BCUT2D eigenvalue weighted by Crippen LogP contribution is 2.35. The molecule has 1 aliphatic heterocycles. The van der Waals surface area contributed by atoms with Crippen LogP contribution >= 0.6 is 23.5 Å². The fourth-order valence-corrected chi connectivity index (χ4v) is 2.89. The minimum absolute atomic E-state index is 0.0176. The van der Waals surface area contributed by atoms with E-state index in [-0.39, 0.29) is 18.2 Å². The van der Waals surface area contributed by atoms with Gasteiger partial charge in [-0.15, -0.1) is 0 Å². The van der Waals surface area contributed by atoms with Gasteiger partial charge in [0.05, 0.1) is 6.10 Å². The van der Waals surface area contributed by atoms with Gasteiger partial charge in [-0.25, -0.2) is 0 Å². The summed E-state index contributed by atoms with van der Waals surface area (Å²) in [6.45, 7) is 1.91. The smallest absolute Gasteiger partial charge is 0.350 e. The number of nitrogens with one attached hydrogen (secondary N) is 2. The van der Waals surface area contributed by atoms with Crippen molar-refractivity contribution in [1.82, 2.24) is 9.97 Å². The van der Waals surface area contributed by atoms with Crippen LogP contribution in [0.15, 0.2) is 4.79 Å². The van der Waals surface area contributed by atoms with Gasteiger partial charge in [-0.2, -0.15) is 4.98 Å². The maximum Gasteiger partial charge on any atom is 0.350 e. The van der Waals surface area contributed by atoms with Crippen LogP contribution in [0, 0.1) is 0 Å². The number of halogens is 1. The molecule has 0 aliphatic carbocycles. The Labute approximate surface area is 128 Å². The predicted molar refractivity (Wildman–Crippen MR) is 80.4 cm³/mol. The van der Waals surface area contributed by atoms with Gasteiger partial charge in [0.1, 0.15) is 12.0 Å². The van der Waals surface area contributed by atoms with Crippen molar-refractivity contribution in [3.05, 3.63) is 10.4 Å². The molecule has 21 heavy (non-hydrogen) atoms. The van der Waals surface area contributed by atoms with Crippen molar-refractivity contribution < 1.29 is 19.1 Å². The Morgan fingerprint density at radius 3 is 2.90 bits per heavy atom. The highest BCUT2D eigenvalue weighted by molar-refractivity contribution is 9.09. The minimum Gasteiger partial charge on any atom is -0.369 e. The van der Waals surface area contributed by atoms with Gasteiger partial charge in [0, 0.05) is 6.54 Å². The molecule has 2 rings (SSSR count). The molecule has 2 atom stereocenters. The van der Waals surface area contributed by atoms with E-state index in [1.165, 1.54) is 0 Å². The first-order chi connectivity index (χ1) is 9.67. The van der Waals surface area contributed by atoms with Gasteiger partial charge in [0.2, 0.25) is 5.95 Å². The quantitative estimate of drug-likeness (QED) is 0.264. The molecule has 10 nitrogen and oxygen atoms in total. The number of nitrogens with zero attached hydrogens (tertiary/aromatic N) is 2. The Kier molecular flexibility index (Phi) is 4.59. The Bertz CT molecular complexity index is 633. The van der Waals surface area contributed by atoms with Crippen molar-refractivity contribution in [2.45, 2.75) is 18.1 Å². The number of ether oxygens (including phenoxy) is 1. The molecule has 6 N–H and O–H groups in total. The van der Waals surface area contributed by atoms with Crippen LogP contribution in [0.25, 0.3) is 0 Å². The molecule has 1 aromatic rings. The van der Waals surface area contributed by atoms with Crippen molar-refractivity contribution in [1.29, 1.82) is 0 Å². The zero-order chi connectivity index (χ0) is 15.8. The SMILES string of the molecule is C[C@@H](CN1c2nc(N)[nH]c(=O)c2NC1Br)OCP(=O)(O)O. The molecular weight excluding hydrogens is 369 g/mol. The number of hydrogen-bond acceptors (Lipinski definition) is 7. The van der Waals surface area contributed by atoms with Crippen molar-refractivity contribution >= 4 is 41.0 Å². The standard InChI is InChI=1S/C9H15BrN5O5P/c1-4(20-3-21(17,18)19)2-15-6-5(12-8(15)10)7(16)14-9(11)13-6/h4,8,12H,2-3H2,1H3,(H2,17,18,19)(H3,11,13,14,16)/t4-,8?/m0/s1. The number of aromatic nitrogens is 2. The molecule has 0 saturated carbocycles. The van der Waals surface area contributed by atoms with Gasteiger partial charge < -0.3 is 30.5 Å². The largest absolute Gasteiger partial charge is 0.369 e. The normalized spacial score (nSPS) is 19.2. The van der Waals surface area contributed by atoms with E-state index in [1.54, 1.807) is 11.8 Å². The molecule has 1 aromatic heterocycles. The van der Waals surface area contributed by atoms with Crippen molar-refractivity contribution in [2.75, 3.05) is 28.8 Å². The fraction of sp³-hybridized carbons (Fsp3) is 0.556. The van der Waals surface area contributed by atoms with E-state index in [0.29, 0.717) is 5.82 Å². The molecule has 118 valence electrons. The third kappa shape index (κ3) is 3.95. The number of H-pyrrole nitrogens is 1. The molecule has 0 bridgehead atoms. The lowest BCUT2D eigenvalue weighted by Crippen LogP contribution is -2.37. The summed E-state index contributed by atoms with van der Waals surface area (Å²) < 4.78 is 15.9. The molecule has 0 fully saturated rings. The van der Waals surface area contributed by atoms with Crippen LogP contribution in [0.3, 0.4) is 0 Å². The summed E-state index contributed by atoms with van der Waals surface area (Å²) in [6.07, 6.45) is -1.16. The van der Waals surface area contributed by atoms with Crippen LogP contribution in [0.5, 0.6) is 0 Å². The number of nitrogens with two attached hydrogens (primary N) is 1. The third-order valence-corrected chi connectivity index (χ3v) is 3.92. The van der Waals surface area contributed by atoms with Crippen molar-refractivity contribution in [3.63, 3.8) is 0 Å². The monoisotopic (exact) mass is 383 g/mol. The van der Waals surface area contributed by atoms with Crippen molar-refractivity contribution in [2.24, 2.45) is 0 Å². The summed E-state index contributed by atoms with van der Waals surface area (Å²) in [5.41, 5.74) is 5.39. The first-order valence-electron chi connectivity index (χ1n) is 5.90. The van der Waals surface area contributed by atoms with Gasteiger partial charge in [-0.3, -0.25) is 14.3 Å². The summed E-state index contributed by atoms with van der Waals surface area (Å²) in [7, 11) is -4.22. The molecule has 2 heterocycles. The van der Waals surface area contributed by atoms with E-state index in [1.807, 2.05) is 0 Å². The van der Waals surface area contributed by atoms with Crippen molar-refractivity contribution in [3.8, 4) is 0 Å². The Morgan fingerprint density at radius 1 is 1.62 bits per heavy atom. The summed E-state index contributed by atoms with van der Waals surface area (Å²) in [5, 5.41) is 2.49. The second-order valence-corrected chi connectivity index (χ2v) is 7.01. The third-order valence-electron chi connectivity index (χ3n) is 2.71. The van der Waals surface area contributed by atoms with E-state index in [2.05, 4.69) is 31.2 Å². The van der Waals surface area contributed by atoms with Crippen LogP contribution in [0.4, 0.5) is 17.5 Å². The Hall–Kier alpha value is -1.13. The second kappa shape index (κ2) is 5.93. The number of fused-ring (bicyclic) bond motifs is 1. The maximum absolute atomic E-state index is 11.7. The first kappa shape index (κ1) is 16.2. The summed E-state index contributed by atoms with van der Waals surface area (Å²) in [4.78, 5) is 37.4. The van der Waals surface area contributed by atoms with E-state index < -0.39 is 30.7 Å². The topological polar surface area (TPSA) is 154 Å². The molecule has 1 aliphatic rings. The average Bonchev–Trinajstić information content (AvgIpc) is 2.64. The lowest BCUT2D eigenvalue weighted by Gasteiger charge is -2.25. The Morgan fingerprint density at radius 2 is 2.29 bits per heavy atom. The highest BCUT2D eigenvalue weighted by Gasteiger charge is 2.32. The van der Waals surface area contributed by atoms with Crippen LogP contribution < -0.4 is 21.5 Å². The minimum atomic E-state index is -4.22. The summed E-state index contributed by atoms with van der Waals surface area (Å²) >= 11 is 3.34. The Balaban J connectivity index is 2.12.